The zero-order valence-corrected chi connectivity index (χ0v) is 20.8. The molecule has 0 spiro atoms. The molecule has 1 N–H and O–H groups in total. The Kier molecular flexibility index (Phi) is 8.68. The molecule has 0 unspecified atom stereocenters. The lowest BCUT2D eigenvalue weighted by Gasteiger charge is -2.37. The second kappa shape index (κ2) is 10.6. The summed E-state index contributed by atoms with van der Waals surface area (Å²) in [4.78, 5) is 6.50. The van der Waals surface area contributed by atoms with E-state index in [1.807, 2.05) is 18.2 Å². The molecule has 0 bridgehead atoms. The Morgan fingerprint density at radius 1 is 1.17 bits per heavy atom. The lowest BCUT2D eigenvalue weighted by molar-refractivity contribution is 0.258. The fourth-order valence-electron chi connectivity index (χ4n) is 3.39. The fraction of sp³-hybridized carbons (Fsp3) is 0.500. The minimum atomic E-state index is -3.41. The molecule has 0 atom stereocenters. The smallest absolute Gasteiger partial charge is 0.220 e. The molecule has 10 heteroatoms. The van der Waals surface area contributed by atoms with Crippen molar-refractivity contribution in [2.24, 2.45) is 4.99 Å². The summed E-state index contributed by atoms with van der Waals surface area (Å²) in [5.41, 5.74) is 1.62. The first-order chi connectivity index (χ1) is 13.8. The maximum Gasteiger partial charge on any atom is 0.220 e. The molecule has 3 rings (SSSR count). The van der Waals surface area contributed by atoms with Crippen LogP contribution in [0.4, 0.5) is 0 Å². The van der Waals surface area contributed by atoms with Crippen molar-refractivity contribution in [2.75, 3.05) is 39.8 Å². The summed E-state index contributed by atoms with van der Waals surface area (Å²) in [5.74, 6) is 0.657. The molecule has 2 heterocycles. The Balaban J connectivity index is 0.00000320. The van der Waals surface area contributed by atoms with E-state index < -0.39 is 10.0 Å². The minimum Gasteiger partial charge on any atom is -0.364 e. The van der Waals surface area contributed by atoms with Gasteiger partial charge in [-0.2, -0.15) is 4.31 Å². The van der Waals surface area contributed by atoms with Crippen LogP contribution in [-0.2, 0) is 21.2 Å². The monoisotopic (exact) mass is 547 g/mol. The molecule has 0 amide bonds. The number of rotatable bonds is 6. The summed E-state index contributed by atoms with van der Waals surface area (Å²) in [5, 5.41) is 7.16. The van der Waals surface area contributed by atoms with Crippen LogP contribution in [0, 0.1) is 0 Å². The Labute approximate surface area is 195 Å². The molecule has 30 heavy (non-hydrogen) atoms. The molecule has 166 valence electrons. The maximum atomic E-state index is 12.6. The molecule has 1 aromatic carbocycles. The van der Waals surface area contributed by atoms with Crippen molar-refractivity contribution in [1.82, 2.24) is 19.7 Å². The number of guanidine groups is 1. The first kappa shape index (κ1) is 24.6. The number of nitrogens with zero attached hydrogens (tertiary/aromatic N) is 4. The van der Waals surface area contributed by atoms with Crippen LogP contribution in [0.5, 0.6) is 0 Å². The van der Waals surface area contributed by atoms with Gasteiger partial charge in [0.05, 0.1) is 5.69 Å². The number of aromatic nitrogens is 1. The van der Waals surface area contributed by atoms with Gasteiger partial charge in [0.25, 0.3) is 0 Å². The average molecular weight is 547 g/mol. The van der Waals surface area contributed by atoms with Crippen molar-refractivity contribution in [2.45, 2.75) is 25.0 Å². The summed E-state index contributed by atoms with van der Waals surface area (Å²) >= 11 is 0. The first-order valence-corrected chi connectivity index (χ1v) is 11.3. The van der Waals surface area contributed by atoms with Crippen LogP contribution in [0.25, 0.3) is 0 Å². The number of piperazine rings is 1. The topological polar surface area (TPSA) is 91.0 Å². The van der Waals surface area contributed by atoms with Crippen molar-refractivity contribution in [3.8, 4) is 0 Å². The lowest BCUT2D eigenvalue weighted by atomic mass is 9.85. The highest BCUT2D eigenvalue weighted by Gasteiger charge is 2.29. The zero-order chi connectivity index (χ0) is 20.9. The molecule has 1 fully saturated rings. The van der Waals surface area contributed by atoms with Gasteiger partial charge in [-0.25, -0.2) is 8.42 Å². The van der Waals surface area contributed by atoms with E-state index in [-0.39, 0.29) is 35.1 Å². The third-order valence-corrected chi connectivity index (χ3v) is 7.02. The van der Waals surface area contributed by atoms with Crippen LogP contribution >= 0.6 is 24.0 Å². The normalized spacial score (nSPS) is 16.2. The molecule has 8 nitrogen and oxygen atoms in total. The van der Waals surface area contributed by atoms with Crippen LogP contribution in [-0.4, -0.2) is 68.5 Å². The second-order valence-corrected chi connectivity index (χ2v) is 9.75. The van der Waals surface area contributed by atoms with Gasteiger partial charge in [-0.1, -0.05) is 49.3 Å². The van der Waals surface area contributed by atoms with Gasteiger partial charge in [-0.15, -0.1) is 24.0 Å². The molecule has 2 aromatic rings. The predicted octanol–water partition coefficient (Wildman–Crippen LogP) is 2.29. The SMILES string of the molecule is CN=C(NCC(C)(C)c1ccccc1)N1CCN(S(=O)(=O)Cc2ccon2)CC1.I. The number of hydrogen-bond donors (Lipinski definition) is 1. The van der Waals surface area contributed by atoms with Crippen molar-refractivity contribution in [1.29, 1.82) is 0 Å². The predicted molar refractivity (Wildman–Crippen MR) is 129 cm³/mol. The standard InChI is InChI=1S/C20H29N5O3S.HI/c1-20(2,17-7-5-4-6-8-17)16-22-19(21-3)24-10-12-25(13-11-24)29(26,27)15-18-9-14-28-23-18;/h4-9,14H,10-13,15-16H2,1-3H3,(H,21,22);1H. The van der Waals surface area contributed by atoms with Gasteiger partial charge in [0.2, 0.25) is 10.0 Å². The van der Waals surface area contributed by atoms with Gasteiger partial charge in [0.1, 0.15) is 12.0 Å². The average Bonchev–Trinajstić information content (AvgIpc) is 3.22. The van der Waals surface area contributed by atoms with Gasteiger partial charge in [0.15, 0.2) is 5.96 Å². The number of nitrogens with one attached hydrogen (secondary N) is 1. The van der Waals surface area contributed by atoms with Crippen LogP contribution < -0.4 is 5.32 Å². The highest BCUT2D eigenvalue weighted by molar-refractivity contribution is 14.0. The van der Waals surface area contributed by atoms with Gasteiger partial charge in [-0.3, -0.25) is 4.99 Å². The van der Waals surface area contributed by atoms with E-state index in [4.69, 9.17) is 4.52 Å². The highest BCUT2D eigenvalue weighted by Crippen LogP contribution is 2.22. The third kappa shape index (κ3) is 6.17. The van der Waals surface area contributed by atoms with Gasteiger partial charge < -0.3 is 14.7 Å². The summed E-state index contributed by atoms with van der Waals surface area (Å²) in [6, 6.07) is 11.9. The lowest BCUT2D eigenvalue weighted by Crippen LogP contribution is -2.55. The summed E-state index contributed by atoms with van der Waals surface area (Å²) < 4.78 is 31.4. The summed E-state index contributed by atoms with van der Waals surface area (Å²) in [6.45, 7) is 7.13. The number of halogens is 1. The van der Waals surface area contributed by atoms with Crippen LogP contribution in [0.1, 0.15) is 25.1 Å². The molecular weight excluding hydrogens is 517 g/mol. The Hall–Kier alpha value is -1.66. The summed E-state index contributed by atoms with van der Waals surface area (Å²) in [7, 11) is -1.65. The van der Waals surface area contributed by atoms with Gasteiger partial charge in [0, 0.05) is 51.3 Å². The van der Waals surface area contributed by atoms with E-state index in [1.165, 1.54) is 16.1 Å². The molecule has 0 aliphatic carbocycles. The first-order valence-electron chi connectivity index (χ1n) is 9.70. The Morgan fingerprint density at radius 3 is 2.40 bits per heavy atom. The van der Waals surface area contributed by atoms with Crippen molar-refractivity contribution >= 4 is 40.0 Å². The third-order valence-electron chi connectivity index (χ3n) is 5.21. The molecule has 0 saturated carbocycles. The van der Waals surface area contributed by atoms with Crippen LogP contribution in [0.2, 0.25) is 0 Å². The van der Waals surface area contributed by atoms with Crippen molar-refractivity contribution in [3.05, 3.63) is 53.9 Å². The van der Waals surface area contributed by atoms with E-state index in [2.05, 4.69) is 46.3 Å². The number of aliphatic imine (C=N–C) groups is 1. The fourth-order valence-corrected chi connectivity index (χ4v) is 4.82. The summed E-state index contributed by atoms with van der Waals surface area (Å²) in [6.07, 6.45) is 1.38. The number of hydrogen-bond acceptors (Lipinski definition) is 5. The van der Waals surface area contributed by atoms with Crippen molar-refractivity contribution in [3.63, 3.8) is 0 Å². The van der Waals surface area contributed by atoms with Crippen molar-refractivity contribution < 1.29 is 12.9 Å². The molecule has 1 aliphatic rings. The Morgan fingerprint density at radius 2 is 1.83 bits per heavy atom. The minimum absolute atomic E-state index is 0. The van der Waals surface area contributed by atoms with E-state index in [1.54, 1.807) is 13.1 Å². The second-order valence-electron chi connectivity index (χ2n) is 7.78. The molecular formula is C20H30IN5O3S. The molecule has 1 aromatic heterocycles. The van der Waals surface area contributed by atoms with Gasteiger partial charge >= 0.3 is 0 Å². The van der Waals surface area contributed by atoms with E-state index >= 15 is 0 Å². The van der Waals surface area contributed by atoms with E-state index in [0.29, 0.717) is 31.9 Å². The van der Waals surface area contributed by atoms with Gasteiger partial charge in [-0.05, 0) is 5.56 Å². The van der Waals surface area contributed by atoms with Crippen LogP contribution in [0.15, 0.2) is 52.2 Å². The maximum absolute atomic E-state index is 12.6. The quantitative estimate of drug-likeness (QED) is 0.339. The highest BCUT2D eigenvalue weighted by atomic mass is 127. The van der Waals surface area contributed by atoms with E-state index in [0.717, 1.165) is 12.5 Å². The molecule has 1 saturated heterocycles. The molecule has 0 radical (unpaired) electrons. The molecule has 1 aliphatic heterocycles. The van der Waals surface area contributed by atoms with E-state index in [9.17, 15) is 8.42 Å². The Bertz CT molecular complexity index is 909. The van der Waals surface area contributed by atoms with Crippen LogP contribution in [0.3, 0.4) is 0 Å². The number of benzene rings is 1. The largest absolute Gasteiger partial charge is 0.364 e. The zero-order valence-electron chi connectivity index (χ0n) is 17.6. The number of sulfonamides is 1.